The zero-order valence-corrected chi connectivity index (χ0v) is 10.7. The number of rotatable bonds is 5. The van der Waals surface area contributed by atoms with Crippen LogP contribution in [-0.4, -0.2) is 35.5 Å². The number of carbonyl (C=O) groups is 3. The van der Waals surface area contributed by atoms with E-state index in [1.54, 1.807) is 27.7 Å². The highest BCUT2D eigenvalue weighted by Gasteiger charge is 2.22. The molecule has 2 amide bonds. The van der Waals surface area contributed by atoms with Crippen LogP contribution in [0.2, 0.25) is 0 Å². The lowest BCUT2D eigenvalue weighted by atomic mass is 9.96. The Kier molecular flexibility index (Phi) is 5.64. The lowest BCUT2D eigenvalue weighted by molar-refractivity contribution is -0.141. The van der Waals surface area contributed by atoms with Gasteiger partial charge >= 0.3 is 5.97 Å². The van der Waals surface area contributed by atoms with Gasteiger partial charge in [0, 0.05) is 5.41 Å². The molecule has 0 spiro atoms. The first-order valence-corrected chi connectivity index (χ1v) is 5.49. The Balaban J connectivity index is 4.12. The van der Waals surface area contributed by atoms with Crippen LogP contribution in [0.25, 0.3) is 0 Å². The molecule has 6 heteroatoms. The van der Waals surface area contributed by atoms with Crippen LogP contribution in [0.4, 0.5) is 0 Å². The number of amides is 2. The fourth-order valence-electron chi connectivity index (χ4n) is 1.01. The molecule has 0 aliphatic rings. The minimum absolute atomic E-state index is 0.208. The third-order valence-corrected chi connectivity index (χ3v) is 2.13. The van der Waals surface area contributed by atoms with Gasteiger partial charge < -0.3 is 15.7 Å². The quantitative estimate of drug-likeness (QED) is 0.640. The Labute approximate surface area is 101 Å². The summed E-state index contributed by atoms with van der Waals surface area (Å²) in [7, 11) is 0. The predicted molar refractivity (Wildman–Crippen MR) is 62.3 cm³/mol. The molecule has 0 aliphatic heterocycles. The van der Waals surface area contributed by atoms with Crippen molar-refractivity contribution in [1.82, 2.24) is 10.6 Å². The van der Waals surface area contributed by atoms with E-state index in [9.17, 15) is 14.4 Å². The first-order chi connectivity index (χ1) is 7.68. The SMILES string of the molecule is CC[C@@H](NC(=O)CNC(=O)C(C)(C)C)C(=O)O. The van der Waals surface area contributed by atoms with Gasteiger partial charge in [0.15, 0.2) is 0 Å². The lowest BCUT2D eigenvalue weighted by Gasteiger charge is -2.18. The van der Waals surface area contributed by atoms with E-state index in [0.29, 0.717) is 6.42 Å². The third-order valence-electron chi connectivity index (χ3n) is 2.13. The summed E-state index contributed by atoms with van der Waals surface area (Å²) in [5.41, 5.74) is -0.572. The maximum atomic E-state index is 11.5. The van der Waals surface area contributed by atoms with Gasteiger partial charge in [0.25, 0.3) is 0 Å². The molecule has 0 saturated carbocycles. The lowest BCUT2D eigenvalue weighted by Crippen LogP contribution is -2.46. The van der Waals surface area contributed by atoms with Crippen molar-refractivity contribution < 1.29 is 19.5 Å². The van der Waals surface area contributed by atoms with Crippen LogP contribution in [0.15, 0.2) is 0 Å². The Morgan fingerprint density at radius 2 is 1.76 bits per heavy atom. The number of carboxylic acid groups (broad SMARTS) is 1. The second-order valence-corrected chi connectivity index (χ2v) is 4.80. The fourth-order valence-corrected chi connectivity index (χ4v) is 1.01. The molecule has 0 radical (unpaired) electrons. The van der Waals surface area contributed by atoms with Crippen molar-refractivity contribution in [2.45, 2.75) is 40.2 Å². The smallest absolute Gasteiger partial charge is 0.326 e. The highest BCUT2D eigenvalue weighted by Crippen LogP contribution is 2.11. The average Bonchev–Trinajstić information content (AvgIpc) is 2.20. The molecular formula is C11H20N2O4. The molecule has 17 heavy (non-hydrogen) atoms. The number of carboxylic acids is 1. The number of aliphatic carboxylic acids is 1. The second-order valence-electron chi connectivity index (χ2n) is 4.80. The monoisotopic (exact) mass is 244 g/mol. The number of hydrogen-bond acceptors (Lipinski definition) is 3. The summed E-state index contributed by atoms with van der Waals surface area (Å²) >= 11 is 0. The highest BCUT2D eigenvalue weighted by atomic mass is 16.4. The number of nitrogens with one attached hydrogen (secondary N) is 2. The Hall–Kier alpha value is -1.59. The Bertz CT molecular complexity index is 307. The summed E-state index contributed by atoms with van der Waals surface area (Å²) in [6.45, 7) is 6.64. The molecular weight excluding hydrogens is 224 g/mol. The Morgan fingerprint density at radius 3 is 2.12 bits per heavy atom. The van der Waals surface area contributed by atoms with Crippen LogP contribution in [0.1, 0.15) is 34.1 Å². The molecule has 0 aromatic rings. The van der Waals surface area contributed by atoms with Crippen LogP contribution in [-0.2, 0) is 14.4 Å². The van der Waals surface area contributed by atoms with Gasteiger partial charge in [0.2, 0.25) is 11.8 Å². The molecule has 0 aromatic heterocycles. The third kappa shape index (κ3) is 5.89. The van der Waals surface area contributed by atoms with Crippen LogP contribution in [0.5, 0.6) is 0 Å². The standard InChI is InChI=1S/C11H20N2O4/c1-5-7(9(15)16)13-8(14)6-12-10(17)11(2,3)4/h7H,5-6H2,1-4H3,(H,12,17)(H,13,14)(H,15,16)/t7-/m1/s1. The topological polar surface area (TPSA) is 95.5 Å². The average molecular weight is 244 g/mol. The summed E-state index contributed by atoms with van der Waals surface area (Å²) in [6, 6.07) is -0.908. The van der Waals surface area contributed by atoms with E-state index in [-0.39, 0.29) is 12.5 Å². The largest absolute Gasteiger partial charge is 0.480 e. The van der Waals surface area contributed by atoms with Gasteiger partial charge in [0.05, 0.1) is 6.54 Å². The summed E-state index contributed by atoms with van der Waals surface area (Å²) in [4.78, 5) is 33.5. The van der Waals surface area contributed by atoms with E-state index >= 15 is 0 Å². The molecule has 0 rings (SSSR count). The van der Waals surface area contributed by atoms with Crippen molar-refractivity contribution in [3.63, 3.8) is 0 Å². The maximum Gasteiger partial charge on any atom is 0.326 e. The molecule has 0 fully saturated rings. The molecule has 0 unspecified atom stereocenters. The minimum atomic E-state index is -1.08. The van der Waals surface area contributed by atoms with Crippen LogP contribution in [0, 0.1) is 5.41 Å². The molecule has 6 nitrogen and oxygen atoms in total. The zero-order valence-electron chi connectivity index (χ0n) is 10.7. The summed E-state index contributed by atoms with van der Waals surface area (Å²) in [6.07, 6.45) is 0.300. The van der Waals surface area contributed by atoms with Gasteiger partial charge in [-0.15, -0.1) is 0 Å². The van der Waals surface area contributed by atoms with E-state index in [2.05, 4.69) is 10.6 Å². The van der Waals surface area contributed by atoms with Crippen molar-refractivity contribution in [2.75, 3.05) is 6.54 Å². The van der Waals surface area contributed by atoms with Gasteiger partial charge in [-0.05, 0) is 6.42 Å². The van der Waals surface area contributed by atoms with Crippen LogP contribution < -0.4 is 10.6 Å². The van der Waals surface area contributed by atoms with Crippen molar-refractivity contribution in [2.24, 2.45) is 5.41 Å². The zero-order chi connectivity index (χ0) is 13.6. The predicted octanol–water partition coefficient (Wildman–Crippen LogP) is 0.128. The molecule has 0 aliphatic carbocycles. The van der Waals surface area contributed by atoms with Crippen molar-refractivity contribution in [3.05, 3.63) is 0 Å². The second kappa shape index (κ2) is 6.22. The minimum Gasteiger partial charge on any atom is -0.480 e. The normalized spacial score (nSPS) is 12.7. The van der Waals surface area contributed by atoms with E-state index in [0.717, 1.165) is 0 Å². The Morgan fingerprint density at radius 1 is 1.24 bits per heavy atom. The van der Waals surface area contributed by atoms with Crippen molar-refractivity contribution in [3.8, 4) is 0 Å². The molecule has 0 heterocycles. The highest BCUT2D eigenvalue weighted by molar-refractivity contribution is 5.89. The molecule has 0 saturated heterocycles. The van der Waals surface area contributed by atoms with E-state index in [1.807, 2.05) is 0 Å². The van der Waals surface area contributed by atoms with Crippen LogP contribution >= 0.6 is 0 Å². The first kappa shape index (κ1) is 15.4. The van der Waals surface area contributed by atoms with Gasteiger partial charge in [-0.2, -0.15) is 0 Å². The summed E-state index contributed by atoms with van der Waals surface area (Å²) < 4.78 is 0. The van der Waals surface area contributed by atoms with Crippen LogP contribution in [0.3, 0.4) is 0 Å². The van der Waals surface area contributed by atoms with E-state index < -0.39 is 23.3 Å². The fraction of sp³-hybridized carbons (Fsp3) is 0.727. The van der Waals surface area contributed by atoms with Gasteiger partial charge in [-0.25, -0.2) is 4.79 Å². The van der Waals surface area contributed by atoms with E-state index in [1.165, 1.54) is 0 Å². The van der Waals surface area contributed by atoms with Gasteiger partial charge in [-0.3, -0.25) is 9.59 Å². The number of carbonyl (C=O) groups excluding carboxylic acids is 2. The van der Waals surface area contributed by atoms with E-state index in [4.69, 9.17) is 5.11 Å². The molecule has 0 bridgehead atoms. The number of hydrogen-bond donors (Lipinski definition) is 3. The molecule has 3 N–H and O–H groups in total. The van der Waals surface area contributed by atoms with Gasteiger partial charge in [0.1, 0.15) is 6.04 Å². The molecule has 1 atom stereocenters. The van der Waals surface area contributed by atoms with Crippen molar-refractivity contribution >= 4 is 17.8 Å². The summed E-state index contributed by atoms with van der Waals surface area (Å²) in [5, 5.41) is 13.5. The first-order valence-electron chi connectivity index (χ1n) is 5.49. The summed E-state index contributed by atoms with van der Waals surface area (Å²) in [5.74, 6) is -1.84. The van der Waals surface area contributed by atoms with Gasteiger partial charge in [-0.1, -0.05) is 27.7 Å². The molecule has 0 aromatic carbocycles. The van der Waals surface area contributed by atoms with Crippen molar-refractivity contribution in [1.29, 1.82) is 0 Å². The maximum absolute atomic E-state index is 11.5. The molecule has 98 valence electrons.